The maximum atomic E-state index is 12.3. The maximum Gasteiger partial charge on any atom is 0.255 e. The van der Waals surface area contributed by atoms with Crippen molar-refractivity contribution in [1.29, 1.82) is 0 Å². The van der Waals surface area contributed by atoms with Crippen LogP contribution in [-0.2, 0) is 0 Å². The Bertz CT molecular complexity index is 506. The second-order valence-electron chi connectivity index (χ2n) is 6.65. The van der Waals surface area contributed by atoms with Crippen LogP contribution < -0.4 is 5.32 Å². The number of carbonyl (C=O) groups is 1. The van der Waals surface area contributed by atoms with Gasteiger partial charge in [-0.05, 0) is 49.3 Å². The summed E-state index contributed by atoms with van der Waals surface area (Å²) in [6.45, 7) is 4.60. The normalized spacial score (nSPS) is 25.5. The molecule has 0 bridgehead atoms. The minimum Gasteiger partial charge on any atom is -0.382 e. The van der Waals surface area contributed by atoms with Gasteiger partial charge in [-0.3, -0.25) is 4.79 Å². The van der Waals surface area contributed by atoms with Crippen LogP contribution in [0, 0.1) is 11.8 Å². The zero-order valence-electron chi connectivity index (χ0n) is 13.3. The van der Waals surface area contributed by atoms with E-state index < -0.39 is 0 Å². The molecule has 2 atom stereocenters. The van der Waals surface area contributed by atoms with Crippen molar-refractivity contribution >= 4 is 23.2 Å². The Labute approximate surface area is 132 Å². The van der Waals surface area contributed by atoms with Crippen molar-refractivity contribution in [3.05, 3.63) is 28.8 Å². The quantitative estimate of drug-likeness (QED) is 0.904. The van der Waals surface area contributed by atoms with E-state index in [1.54, 1.807) is 25.1 Å². The fourth-order valence-electron chi connectivity index (χ4n) is 3.35. The van der Waals surface area contributed by atoms with Crippen molar-refractivity contribution in [2.75, 3.05) is 19.4 Å². The van der Waals surface area contributed by atoms with Gasteiger partial charge in [0.1, 0.15) is 0 Å². The molecule has 1 fully saturated rings. The summed E-state index contributed by atoms with van der Waals surface area (Å²) in [5.74, 6) is 1.45. The molecule has 3 nitrogen and oxygen atoms in total. The number of nitrogens with one attached hydrogen (secondary N) is 1. The molecule has 1 aliphatic rings. The Hall–Kier alpha value is -1.22. The van der Waals surface area contributed by atoms with Gasteiger partial charge in [0, 0.05) is 30.8 Å². The van der Waals surface area contributed by atoms with E-state index in [4.69, 9.17) is 11.6 Å². The van der Waals surface area contributed by atoms with E-state index in [-0.39, 0.29) is 5.91 Å². The third-order valence-corrected chi connectivity index (χ3v) is 4.39. The molecule has 1 saturated carbocycles. The lowest BCUT2D eigenvalue weighted by molar-refractivity contribution is 0.0828. The van der Waals surface area contributed by atoms with E-state index in [2.05, 4.69) is 19.2 Å². The molecule has 1 amide bonds. The second-order valence-corrected chi connectivity index (χ2v) is 7.08. The van der Waals surface area contributed by atoms with Gasteiger partial charge in [-0.25, -0.2) is 0 Å². The summed E-state index contributed by atoms with van der Waals surface area (Å²) in [7, 11) is 3.54. The van der Waals surface area contributed by atoms with Crippen LogP contribution in [0.2, 0.25) is 5.02 Å². The number of amides is 1. The molecule has 1 N–H and O–H groups in total. The highest BCUT2D eigenvalue weighted by Crippen LogP contribution is 2.32. The first kappa shape index (κ1) is 16.2. The highest BCUT2D eigenvalue weighted by Gasteiger charge is 2.25. The lowest BCUT2D eigenvalue weighted by atomic mass is 9.80. The molecule has 2 rings (SSSR count). The average molecular weight is 309 g/mol. The summed E-state index contributed by atoms with van der Waals surface area (Å²) in [6, 6.07) is 5.86. The molecule has 1 aliphatic carbocycles. The predicted octanol–water partition coefficient (Wildman–Crippen LogP) is 4.28. The minimum atomic E-state index is 0.00562. The van der Waals surface area contributed by atoms with Gasteiger partial charge in [0.15, 0.2) is 0 Å². The molecular weight excluding hydrogens is 284 g/mol. The Balaban J connectivity index is 2.22. The Morgan fingerprint density at radius 1 is 1.19 bits per heavy atom. The van der Waals surface area contributed by atoms with E-state index in [1.807, 2.05) is 12.1 Å². The van der Waals surface area contributed by atoms with Gasteiger partial charge in [0.05, 0.1) is 5.56 Å². The number of benzene rings is 1. The van der Waals surface area contributed by atoms with Crippen LogP contribution in [0.15, 0.2) is 18.2 Å². The third kappa shape index (κ3) is 4.13. The molecule has 1 aromatic carbocycles. The fourth-order valence-corrected chi connectivity index (χ4v) is 3.52. The van der Waals surface area contributed by atoms with Crippen LogP contribution in [0.25, 0.3) is 0 Å². The number of halogens is 1. The standard InChI is InChI=1S/C17H25ClN2O/c1-11-7-12(2)9-14(8-11)19-16-10-13(18)5-6-15(16)17(21)20(3)4/h5-6,10-12,14,19H,7-9H2,1-4H3. The topological polar surface area (TPSA) is 32.3 Å². The van der Waals surface area contributed by atoms with Gasteiger partial charge in [0.25, 0.3) is 5.91 Å². The number of rotatable bonds is 3. The fraction of sp³-hybridized carbons (Fsp3) is 0.588. The summed E-state index contributed by atoms with van der Waals surface area (Å²) < 4.78 is 0. The third-order valence-electron chi connectivity index (χ3n) is 4.16. The van der Waals surface area contributed by atoms with Gasteiger partial charge in [0.2, 0.25) is 0 Å². The van der Waals surface area contributed by atoms with Crippen LogP contribution in [0.1, 0.15) is 43.5 Å². The maximum absolute atomic E-state index is 12.3. The van der Waals surface area contributed by atoms with Gasteiger partial charge >= 0.3 is 0 Å². The van der Waals surface area contributed by atoms with E-state index in [0.29, 0.717) is 16.6 Å². The molecule has 4 heteroatoms. The summed E-state index contributed by atoms with van der Waals surface area (Å²) in [5, 5.41) is 4.21. The summed E-state index contributed by atoms with van der Waals surface area (Å²) in [6.07, 6.45) is 3.58. The number of nitrogens with zero attached hydrogens (tertiary/aromatic N) is 1. The van der Waals surface area contributed by atoms with Gasteiger partial charge in [-0.1, -0.05) is 25.4 Å². The number of hydrogen-bond acceptors (Lipinski definition) is 2. The lowest BCUT2D eigenvalue weighted by Gasteiger charge is -2.33. The van der Waals surface area contributed by atoms with Crippen LogP contribution in [0.4, 0.5) is 5.69 Å². The molecule has 0 spiro atoms. The van der Waals surface area contributed by atoms with E-state index in [9.17, 15) is 4.79 Å². The van der Waals surface area contributed by atoms with Gasteiger partial charge < -0.3 is 10.2 Å². The molecule has 0 radical (unpaired) electrons. The van der Waals surface area contributed by atoms with E-state index in [1.165, 1.54) is 6.42 Å². The predicted molar refractivity (Wildman–Crippen MR) is 89.1 cm³/mol. The molecule has 1 aromatic rings. The van der Waals surface area contributed by atoms with Gasteiger partial charge in [-0.15, -0.1) is 0 Å². The summed E-state index contributed by atoms with van der Waals surface area (Å²) >= 11 is 6.11. The zero-order chi connectivity index (χ0) is 15.6. The highest BCUT2D eigenvalue weighted by atomic mass is 35.5. The molecule has 0 aromatic heterocycles. The van der Waals surface area contributed by atoms with Crippen molar-refractivity contribution < 1.29 is 4.79 Å². The van der Waals surface area contributed by atoms with Crippen LogP contribution >= 0.6 is 11.6 Å². The molecule has 0 aliphatic heterocycles. The van der Waals surface area contributed by atoms with Crippen LogP contribution in [0.3, 0.4) is 0 Å². The van der Waals surface area contributed by atoms with Crippen LogP contribution in [0.5, 0.6) is 0 Å². The summed E-state index contributed by atoms with van der Waals surface area (Å²) in [5.41, 5.74) is 1.54. The molecule has 0 saturated heterocycles. The largest absolute Gasteiger partial charge is 0.382 e. The van der Waals surface area contributed by atoms with E-state index in [0.717, 1.165) is 30.4 Å². The monoisotopic (exact) mass is 308 g/mol. The van der Waals surface area contributed by atoms with Crippen molar-refractivity contribution in [1.82, 2.24) is 4.90 Å². The SMILES string of the molecule is CC1CC(C)CC(Nc2cc(Cl)ccc2C(=O)N(C)C)C1. The summed E-state index contributed by atoms with van der Waals surface area (Å²) in [4.78, 5) is 13.9. The Morgan fingerprint density at radius 2 is 1.81 bits per heavy atom. The lowest BCUT2D eigenvalue weighted by Crippen LogP contribution is -2.31. The van der Waals surface area contributed by atoms with Gasteiger partial charge in [-0.2, -0.15) is 0 Å². The van der Waals surface area contributed by atoms with Crippen LogP contribution in [-0.4, -0.2) is 30.9 Å². The first-order chi connectivity index (χ1) is 9.86. The molecule has 21 heavy (non-hydrogen) atoms. The molecule has 116 valence electrons. The molecular formula is C17H25ClN2O. The molecule has 2 unspecified atom stereocenters. The number of anilines is 1. The highest BCUT2D eigenvalue weighted by molar-refractivity contribution is 6.31. The zero-order valence-corrected chi connectivity index (χ0v) is 14.1. The first-order valence-corrected chi connectivity index (χ1v) is 8.02. The Morgan fingerprint density at radius 3 is 2.38 bits per heavy atom. The van der Waals surface area contributed by atoms with Crippen molar-refractivity contribution in [2.45, 2.75) is 39.2 Å². The van der Waals surface area contributed by atoms with Crippen molar-refractivity contribution in [2.24, 2.45) is 11.8 Å². The number of carbonyl (C=O) groups excluding carboxylic acids is 1. The van der Waals surface area contributed by atoms with Crippen molar-refractivity contribution in [3.63, 3.8) is 0 Å². The smallest absolute Gasteiger partial charge is 0.255 e. The average Bonchev–Trinajstić information content (AvgIpc) is 2.36. The van der Waals surface area contributed by atoms with E-state index >= 15 is 0 Å². The molecule has 0 heterocycles. The number of hydrogen-bond donors (Lipinski definition) is 1. The second kappa shape index (κ2) is 6.69. The minimum absolute atomic E-state index is 0.00562. The Kier molecular flexibility index (Phi) is 5.15. The van der Waals surface area contributed by atoms with Crippen molar-refractivity contribution in [3.8, 4) is 0 Å². The first-order valence-electron chi connectivity index (χ1n) is 7.64.